The molecule has 6 saturated carbocycles. The van der Waals surface area contributed by atoms with Crippen LogP contribution in [0.1, 0.15) is 143 Å². The molecule has 6 aliphatic carbocycles. The van der Waals surface area contributed by atoms with Gasteiger partial charge in [0.2, 0.25) is 11.8 Å². The van der Waals surface area contributed by atoms with Crippen LogP contribution in [0.4, 0.5) is 11.4 Å². The first-order valence-corrected chi connectivity index (χ1v) is 43.3. The van der Waals surface area contributed by atoms with Crippen molar-refractivity contribution in [2.75, 3.05) is 118 Å². The van der Waals surface area contributed by atoms with Gasteiger partial charge in [-0.3, -0.25) is 33.8 Å². The minimum Gasteiger partial charge on any atom is -0.496 e. The van der Waals surface area contributed by atoms with Gasteiger partial charge < -0.3 is 81.6 Å². The number of fused-ring (bicyclic) bond motifs is 4. The van der Waals surface area contributed by atoms with E-state index >= 15 is 0 Å². The molecule has 5 aromatic carbocycles. The standard InChI is InChI=1S/C49H70N6O6.C45H64N6O7/c1-31-41-26-37(49(41,3)4)27-42(31)52-48(59)45-44(32(2)57)43(28-50)61-55(45)29-34-16-13-17-40(46(34)60-6)35-23-36(25-39(24-35)53(5)20-21-56)47(58)51-38(22-33-14-9-7-10-15-33)30-54-18-11-8-12-19-54;1-27-37-21-32(45(37,3)4)22-38(27)48-44(56)41-40(28(2)54)39(26-53)58-51(41)24-29-12-11-14-36(42(29)57-8)30-18-31(20-35(19-30)50(7)16-17-52)43(55)47-34(25-49(5)6)23-33-13-9-10-15-46-33/h7,9-10,13-17,23-25,31-32,37-38,41-45,56-57H,8,11-12,18-22,26-30,50H2,1-6H3,(H,51,58)(H,52,59);9-15,18-20,27-28,32,34,37-41,52-54H,16-17,21-26H2,1-8H3,(H,47,55)(H,48,56)/t31-,32-,37+,38?,41?,42-,43-,44+,45-;27-,28-,32+,34?,37-,38-,39-,40+,41-/m00/s1. The first-order valence-electron chi connectivity index (χ1n) is 43.3. The summed E-state index contributed by atoms with van der Waals surface area (Å²) < 4.78 is 12.3. The van der Waals surface area contributed by atoms with Gasteiger partial charge in [0.15, 0.2) is 0 Å². The zero-order chi connectivity index (χ0) is 85.3. The van der Waals surface area contributed by atoms with E-state index in [1.54, 1.807) is 44.4 Å². The van der Waals surface area contributed by atoms with Crippen molar-refractivity contribution in [1.29, 1.82) is 0 Å². The van der Waals surface area contributed by atoms with E-state index in [1.165, 1.54) is 37.7 Å². The average molecular weight is 1640 g/mol. The molecule has 0 spiro atoms. The monoisotopic (exact) mass is 1640 g/mol. The van der Waals surface area contributed by atoms with E-state index in [4.69, 9.17) is 24.9 Å². The fourth-order valence-corrected chi connectivity index (χ4v) is 20.9. The van der Waals surface area contributed by atoms with E-state index in [2.05, 4.69) is 84.8 Å². The number of anilines is 2. The van der Waals surface area contributed by atoms with E-state index in [1.807, 2.05) is 152 Å². The topological polar surface area (TPSA) is 313 Å². The summed E-state index contributed by atoms with van der Waals surface area (Å²) >= 11 is 0. The first-order chi connectivity index (χ1) is 57.0. The number of hydroxylamine groups is 4. The number of ether oxygens (including phenoxy) is 2. The van der Waals surface area contributed by atoms with Crippen molar-refractivity contribution in [3.05, 3.63) is 161 Å². The number of piperidine rings is 1. The molecule has 3 aliphatic heterocycles. The molecule has 648 valence electrons. The van der Waals surface area contributed by atoms with Gasteiger partial charge in [0.25, 0.3) is 11.8 Å². The second kappa shape index (κ2) is 39.8. The smallest absolute Gasteiger partial charge is 0.251 e. The Morgan fingerprint density at radius 1 is 0.597 bits per heavy atom. The molecule has 0 radical (unpaired) electrons. The molecule has 9 aliphatic rings. The third-order valence-corrected chi connectivity index (χ3v) is 27.9. The molecular formula is C94H134N12O13. The molecule has 1 aromatic heterocycles. The van der Waals surface area contributed by atoms with Crippen molar-refractivity contribution in [3.8, 4) is 33.8 Å². The Labute approximate surface area is 705 Å². The van der Waals surface area contributed by atoms with Crippen LogP contribution in [-0.2, 0) is 45.2 Å². The van der Waals surface area contributed by atoms with Crippen LogP contribution in [0.5, 0.6) is 11.5 Å². The number of nitrogens with two attached hydrogens (primary N) is 1. The molecule has 15 rings (SSSR count). The quantitative estimate of drug-likeness (QED) is 0.0180. The van der Waals surface area contributed by atoms with Crippen LogP contribution >= 0.6 is 0 Å². The number of nitrogens with one attached hydrogen (secondary N) is 4. The molecule has 4 bridgehead atoms. The normalized spacial score (nSPS) is 26.6. The lowest BCUT2D eigenvalue weighted by Crippen LogP contribution is -2.62. The number of aromatic nitrogens is 1. The highest BCUT2D eigenvalue weighted by atomic mass is 16.7. The SMILES string of the molecule is COc1c(CN2O[C@@H](CN)[C@@H]([C@H](C)O)[C@H]2C(=O)N[C@H]2C[C@H]3CC([C@@H]2C)C3(C)C)cccc1-c1cc(C(=O)NC(Cc2ccccc2)CN2CCCCC2)cc(N(C)CCO)c1.COc1c(CN2O[C@@H](CO)[C@@H]([C@H](C)O)[C@H]2C(=O)N[C@H]2C[C@H]3C[C@@H]([C@@H]2C)C3(C)C)cccc1-c1cc(C(=O)NC(Cc2ccccn2)CN(C)C)cc(N(C)CCO)c1. The Morgan fingerprint density at radius 2 is 1.08 bits per heavy atom. The molecule has 3 unspecified atom stereocenters. The second-order valence-corrected chi connectivity index (χ2v) is 36.5. The predicted octanol–water partition coefficient (Wildman–Crippen LogP) is 8.99. The van der Waals surface area contributed by atoms with Crippen LogP contribution in [0, 0.1) is 58.2 Å². The Bertz CT molecular complexity index is 4380. The Morgan fingerprint density at radius 3 is 1.50 bits per heavy atom. The number of rotatable bonds is 34. The van der Waals surface area contributed by atoms with Gasteiger partial charge in [-0.05, 0) is 198 Å². The molecule has 9 fully saturated rings. The van der Waals surface area contributed by atoms with Gasteiger partial charge in [0, 0.05) is 146 Å². The number of pyridine rings is 1. The van der Waals surface area contributed by atoms with Gasteiger partial charge in [-0.1, -0.05) is 121 Å². The van der Waals surface area contributed by atoms with Gasteiger partial charge in [-0.15, -0.1) is 0 Å². The largest absolute Gasteiger partial charge is 0.496 e. The summed E-state index contributed by atoms with van der Waals surface area (Å²) in [5, 5.41) is 68.9. The minimum atomic E-state index is -0.924. The number of methoxy groups -OCH3 is 2. The highest BCUT2D eigenvalue weighted by Gasteiger charge is 2.59. The van der Waals surface area contributed by atoms with Gasteiger partial charge in [-0.2, -0.15) is 10.1 Å². The lowest BCUT2D eigenvalue weighted by atomic mass is 9.45. The third-order valence-electron chi connectivity index (χ3n) is 27.9. The van der Waals surface area contributed by atoms with Crippen LogP contribution in [-0.4, -0.2) is 243 Å². The number of aliphatic hydroxyl groups excluding tert-OH is 5. The number of para-hydroxylation sites is 2. The highest BCUT2D eigenvalue weighted by Crippen LogP contribution is 2.62. The van der Waals surface area contributed by atoms with Gasteiger partial charge >= 0.3 is 0 Å². The van der Waals surface area contributed by atoms with Crippen molar-refractivity contribution < 1.29 is 63.9 Å². The van der Waals surface area contributed by atoms with E-state index in [9.17, 15) is 44.7 Å². The molecular weight excluding hydrogens is 1510 g/mol. The van der Waals surface area contributed by atoms with Crippen LogP contribution in [0.25, 0.3) is 22.3 Å². The van der Waals surface area contributed by atoms with Crippen molar-refractivity contribution in [2.24, 2.45) is 63.9 Å². The summed E-state index contributed by atoms with van der Waals surface area (Å²) in [6.45, 7) is 21.4. The van der Waals surface area contributed by atoms with E-state index in [0.29, 0.717) is 90.6 Å². The Balaban J connectivity index is 0.000000219. The van der Waals surface area contributed by atoms with Crippen LogP contribution < -0.4 is 46.3 Å². The molecule has 4 heterocycles. The number of amides is 4. The van der Waals surface area contributed by atoms with Crippen LogP contribution in [0.15, 0.2) is 128 Å². The Kier molecular flexibility index (Phi) is 30.1. The fourth-order valence-electron chi connectivity index (χ4n) is 20.9. The lowest BCUT2D eigenvalue weighted by Gasteiger charge is -2.62. The minimum absolute atomic E-state index is 0.0163. The molecule has 25 nitrogen and oxygen atoms in total. The van der Waals surface area contributed by atoms with Crippen molar-refractivity contribution in [3.63, 3.8) is 0 Å². The number of hydrogen-bond donors (Lipinski definition) is 10. The van der Waals surface area contributed by atoms with Crippen LogP contribution in [0.3, 0.4) is 0 Å². The zero-order valence-electron chi connectivity index (χ0n) is 72.6. The molecule has 6 aromatic rings. The van der Waals surface area contributed by atoms with Crippen molar-refractivity contribution >= 4 is 35.0 Å². The first kappa shape index (κ1) is 90.1. The van der Waals surface area contributed by atoms with E-state index in [-0.39, 0.29) is 98.1 Å². The van der Waals surface area contributed by atoms with E-state index < -0.39 is 48.3 Å². The zero-order valence-corrected chi connectivity index (χ0v) is 72.6. The number of carbonyl (C=O) groups is 4. The van der Waals surface area contributed by atoms with Gasteiger partial charge in [-0.25, -0.2) is 0 Å². The number of aliphatic hydroxyl groups is 5. The summed E-state index contributed by atoms with van der Waals surface area (Å²) in [5.74, 6) is 2.00. The number of benzene rings is 5. The highest BCUT2D eigenvalue weighted by molar-refractivity contribution is 5.98. The maximum absolute atomic E-state index is 14.4. The Hall–Kier alpha value is -8.15. The summed E-state index contributed by atoms with van der Waals surface area (Å²) in [6, 6.07) is 37.2. The number of likely N-dealkylation sites (N-methyl/N-ethyl adjacent to an activating group) is 3. The second-order valence-electron chi connectivity index (χ2n) is 36.5. The van der Waals surface area contributed by atoms with Gasteiger partial charge in [0.05, 0.1) is 65.4 Å². The number of nitrogens with zero attached hydrogens (tertiary/aromatic N) is 7. The third kappa shape index (κ3) is 20.5. The summed E-state index contributed by atoms with van der Waals surface area (Å²) in [6.07, 6.45) is 7.75. The predicted molar refractivity (Wildman–Crippen MR) is 464 cm³/mol. The summed E-state index contributed by atoms with van der Waals surface area (Å²) in [4.78, 5) is 82.8. The van der Waals surface area contributed by atoms with Crippen molar-refractivity contribution in [2.45, 2.75) is 187 Å². The molecule has 3 saturated heterocycles. The van der Waals surface area contributed by atoms with Crippen LogP contribution in [0.2, 0.25) is 0 Å². The summed E-state index contributed by atoms with van der Waals surface area (Å²) in [5.41, 5.74) is 15.8. The molecule has 119 heavy (non-hydrogen) atoms. The molecule has 4 amide bonds. The number of hydrogen-bond acceptors (Lipinski definition) is 21. The number of carbonyl (C=O) groups excluding carboxylic acids is 4. The van der Waals surface area contributed by atoms with E-state index in [0.717, 1.165) is 82.9 Å². The number of likely N-dealkylation sites (tertiary alicyclic amines) is 1. The average Bonchev–Trinajstić information content (AvgIpc) is 0.928. The molecule has 11 N–H and O–H groups in total. The summed E-state index contributed by atoms with van der Waals surface area (Å²) in [7, 11) is 10.9. The van der Waals surface area contributed by atoms with Crippen molar-refractivity contribution in [1.82, 2.24) is 46.2 Å². The van der Waals surface area contributed by atoms with Gasteiger partial charge in [0.1, 0.15) is 29.7 Å². The molecule has 18 atom stereocenters. The maximum atomic E-state index is 14.4. The lowest BCUT2D eigenvalue weighted by molar-refractivity contribution is -0.183. The molecule has 25 heteroatoms. The fraction of sp³-hybridized carbons (Fsp3) is 0.585. The maximum Gasteiger partial charge on any atom is 0.251 e.